The fourth-order valence-corrected chi connectivity index (χ4v) is 3.38. The molecular weight excluding hydrogens is 320 g/mol. The average Bonchev–Trinajstić information content (AvgIpc) is 2.66. The van der Waals surface area contributed by atoms with E-state index in [1.165, 1.54) is 49.8 Å². The minimum absolute atomic E-state index is 0.0219. The third kappa shape index (κ3) is 4.88. The van der Waals surface area contributed by atoms with Crippen molar-refractivity contribution < 1.29 is 13.6 Å². The van der Waals surface area contributed by atoms with Crippen molar-refractivity contribution in [3.63, 3.8) is 0 Å². The highest BCUT2D eigenvalue weighted by molar-refractivity contribution is 5.81. The Morgan fingerprint density at radius 2 is 1.72 bits per heavy atom. The van der Waals surface area contributed by atoms with E-state index in [4.69, 9.17) is 4.84 Å². The second-order valence-corrected chi connectivity index (χ2v) is 6.51. The Bertz CT molecular complexity index is 691. The van der Waals surface area contributed by atoms with E-state index in [1.54, 1.807) is 18.3 Å². The molecule has 2 aromatic carbocycles. The van der Waals surface area contributed by atoms with Gasteiger partial charge in [-0.15, -0.1) is 0 Å². The van der Waals surface area contributed by atoms with Crippen LogP contribution in [0, 0.1) is 0 Å². The van der Waals surface area contributed by atoms with Gasteiger partial charge in [0, 0.05) is 5.56 Å². The van der Waals surface area contributed by atoms with E-state index in [9.17, 15) is 8.78 Å². The van der Waals surface area contributed by atoms with Gasteiger partial charge in [-0.05, 0) is 35.4 Å². The lowest BCUT2D eigenvalue weighted by atomic mass is 9.82. The summed E-state index contributed by atoms with van der Waals surface area (Å²) in [7, 11) is 0. The number of rotatable bonds is 6. The summed E-state index contributed by atoms with van der Waals surface area (Å²) < 4.78 is 25.1. The molecule has 0 N–H and O–H groups in total. The minimum Gasteiger partial charge on any atom is -0.391 e. The molecule has 1 aliphatic carbocycles. The van der Waals surface area contributed by atoms with Gasteiger partial charge in [0.25, 0.3) is 6.43 Å². The molecule has 0 heterocycles. The van der Waals surface area contributed by atoms with Gasteiger partial charge < -0.3 is 4.84 Å². The molecule has 25 heavy (non-hydrogen) atoms. The monoisotopic (exact) mass is 343 g/mol. The first kappa shape index (κ1) is 17.6. The van der Waals surface area contributed by atoms with Gasteiger partial charge in [-0.2, -0.15) is 0 Å². The summed E-state index contributed by atoms with van der Waals surface area (Å²) in [6, 6.07) is 14.5. The molecule has 0 unspecified atom stereocenters. The van der Waals surface area contributed by atoms with E-state index >= 15 is 0 Å². The summed E-state index contributed by atoms with van der Waals surface area (Å²) in [5.41, 5.74) is 3.29. The maximum Gasteiger partial charge on any atom is 0.263 e. The van der Waals surface area contributed by atoms with Crippen molar-refractivity contribution in [2.45, 2.75) is 51.1 Å². The average molecular weight is 343 g/mol. The molecule has 1 saturated carbocycles. The van der Waals surface area contributed by atoms with Crippen LogP contribution in [0.5, 0.6) is 0 Å². The van der Waals surface area contributed by atoms with Crippen LogP contribution in [-0.4, -0.2) is 6.21 Å². The molecule has 0 spiro atoms. The van der Waals surface area contributed by atoms with Crippen LogP contribution in [0.25, 0.3) is 0 Å². The van der Waals surface area contributed by atoms with Crippen LogP contribution in [0.4, 0.5) is 8.78 Å². The van der Waals surface area contributed by atoms with Crippen molar-refractivity contribution in [1.29, 1.82) is 0 Å². The van der Waals surface area contributed by atoms with Crippen LogP contribution < -0.4 is 0 Å². The Hall–Kier alpha value is -2.23. The number of nitrogens with zero attached hydrogens (tertiary/aromatic N) is 1. The Balaban J connectivity index is 1.59. The summed E-state index contributed by atoms with van der Waals surface area (Å²) >= 11 is 0. The molecule has 0 aromatic heterocycles. The van der Waals surface area contributed by atoms with Crippen LogP contribution >= 0.6 is 0 Å². The van der Waals surface area contributed by atoms with Gasteiger partial charge in [-0.3, -0.25) is 0 Å². The molecule has 1 aliphatic rings. The first-order valence-electron chi connectivity index (χ1n) is 8.85. The smallest absolute Gasteiger partial charge is 0.263 e. The Morgan fingerprint density at radius 1 is 1.00 bits per heavy atom. The van der Waals surface area contributed by atoms with E-state index in [-0.39, 0.29) is 12.2 Å². The fourth-order valence-electron chi connectivity index (χ4n) is 3.38. The zero-order valence-electron chi connectivity index (χ0n) is 14.2. The molecular formula is C21H23F2NO. The van der Waals surface area contributed by atoms with Crippen molar-refractivity contribution >= 4 is 6.21 Å². The SMILES string of the molecule is FC(F)c1ccc(CON=Cc2ccccc2C2CCCCC2)cc1. The first-order chi connectivity index (χ1) is 12.2. The molecule has 0 saturated heterocycles. The molecule has 0 amide bonds. The standard InChI is InChI=1S/C21H23F2NO/c22-21(23)18-12-10-16(11-13-18)15-25-24-14-19-8-4-5-9-20(19)17-6-2-1-3-7-17/h4-5,8-14,17,21H,1-3,6-7,15H2. The van der Waals surface area contributed by atoms with Crippen LogP contribution in [-0.2, 0) is 11.4 Å². The molecule has 132 valence electrons. The lowest BCUT2D eigenvalue weighted by Gasteiger charge is -2.23. The highest BCUT2D eigenvalue weighted by Gasteiger charge is 2.17. The van der Waals surface area contributed by atoms with Gasteiger partial charge in [0.15, 0.2) is 0 Å². The molecule has 3 rings (SSSR count). The van der Waals surface area contributed by atoms with Gasteiger partial charge in [-0.1, -0.05) is 72.9 Å². The number of benzene rings is 2. The van der Waals surface area contributed by atoms with Gasteiger partial charge in [-0.25, -0.2) is 8.78 Å². The Labute approximate surface area is 147 Å². The molecule has 2 aromatic rings. The van der Waals surface area contributed by atoms with E-state index < -0.39 is 6.43 Å². The third-order valence-corrected chi connectivity index (χ3v) is 4.77. The normalized spacial score (nSPS) is 15.8. The van der Waals surface area contributed by atoms with Crippen LogP contribution in [0.15, 0.2) is 53.7 Å². The summed E-state index contributed by atoms with van der Waals surface area (Å²) in [5, 5.41) is 4.08. The van der Waals surface area contributed by atoms with Gasteiger partial charge in [0.1, 0.15) is 6.61 Å². The second kappa shape index (κ2) is 8.75. The third-order valence-electron chi connectivity index (χ3n) is 4.77. The zero-order chi connectivity index (χ0) is 17.5. The van der Waals surface area contributed by atoms with Crippen LogP contribution in [0.2, 0.25) is 0 Å². The van der Waals surface area contributed by atoms with E-state index in [2.05, 4.69) is 23.4 Å². The molecule has 4 heteroatoms. The fraction of sp³-hybridized carbons (Fsp3) is 0.381. The molecule has 0 aliphatic heterocycles. The summed E-state index contributed by atoms with van der Waals surface area (Å²) in [5.74, 6) is 0.610. The maximum absolute atomic E-state index is 12.5. The van der Waals surface area contributed by atoms with Gasteiger partial charge in [0.05, 0.1) is 6.21 Å². The number of hydrogen-bond donors (Lipinski definition) is 0. The van der Waals surface area contributed by atoms with E-state index in [1.807, 2.05) is 6.07 Å². The van der Waals surface area contributed by atoms with E-state index in [0.717, 1.165) is 11.1 Å². The van der Waals surface area contributed by atoms with Gasteiger partial charge >= 0.3 is 0 Å². The topological polar surface area (TPSA) is 21.6 Å². The Kier molecular flexibility index (Phi) is 6.15. The molecule has 0 radical (unpaired) electrons. The van der Waals surface area contributed by atoms with Crippen molar-refractivity contribution in [2.75, 3.05) is 0 Å². The highest BCUT2D eigenvalue weighted by Crippen LogP contribution is 2.33. The molecule has 0 atom stereocenters. The van der Waals surface area contributed by atoms with E-state index in [0.29, 0.717) is 5.92 Å². The predicted molar refractivity (Wildman–Crippen MR) is 96.1 cm³/mol. The van der Waals surface area contributed by atoms with Crippen molar-refractivity contribution in [3.8, 4) is 0 Å². The Morgan fingerprint density at radius 3 is 2.44 bits per heavy atom. The zero-order valence-corrected chi connectivity index (χ0v) is 14.2. The molecule has 1 fully saturated rings. The molecule has 2 nitrogen and oxygen atoms in total. The number of halogens is 2. The highest BCUT2D eigenvalue weighted by atomic mass is 19.3. The quantitative estimate of drug-likeness (QED) is 0.450. The lowest BCUT2D eigenvalue weighted by molar-refractivity contribution is 0.131. The molecule has 0 bridgehead atoms. The van der Waals surface area contributed by atoms with Gasteiger partial charge in [0.2, 0.25) is 0 Å². The largest absolute Gasteiger partial charge is 0.391 e. The maximum atomic E-state index is 12.5. The number of hydrogen-bond acceptors (Lipinski definition) is 2. The first-order valence-corrected chi connectivity index (χ1v) is 8.85. The summed E-state index contributed by atoms with van der Waals surface area (Å²) in [6.45, 7) is 0.269. The lowest BCUT2D eigenvalue weighted by Crippen LogP contribution is -2.07. The van der Waals surface area contributed by atoms with Crippen molar-refractivity contribution in [2.24, 2.45) is 5.16 Å². The van der Waals surface area contributed by atoms with Crippen molar-refractivity contribution in [1.82, 2.24) is 0 Å². The minimum atomic E-state index is -2.44. The van der Waals surface area contributed by atoms with Crippen molar-refractivity contribution in [3.05, 3.63) is 70.8 Å². The summed E-state index contributed by atoms with van der Waals surface area (Å²) in [4.78, 5) is 5.35. The summed E-state index contributed by atoms with van der Waals surface area (Å²) in [6.07, 6.45) is 5.72. The van der Waals surface area contributed by atoms with Crippen LogP contribution in [0.1, 0.15) is 66.7 Å². The van der Waals surface area contributed by atoms with Crippen LogP contribution in [0.3, 0.4) is 0 Å². The number of alkyl halides is 2. The second-order valence-electron chi connectivity index (χ2n) is 6.51. The number of oxime groups is 1. The predicted octanol–water partition coefficient (Wildman–Crippen LogP) is 6.22.